The van der Waals surface area contributed by atoms with E-state index in [0.717, 1.165) is 24.8 Å². The number of nitrogens with zero attached hydrogens (tertiary/aromatic N) is 1. The second-order valence-electron chi connectivity index (χ2n) is 4.22. The zero-order valence-corrected chi connectivity index (χ0v) is 11.0. The maximum absolute atomic E-state index is 11.8. The molecule has 1 heterocycles. The van der Waals surface area contributed by atoms with Gasteiger partial charge in [-0.1, -0.05) is 0 Å². The number of rotatable bonds is 4. The molecule has 0 radical (unpaired) electrons. The van der Waals surface area contributed by atoms with Gasteiger partial charge in [-0.05, 0) is 24.8 Å². The summed E-state index contributed by atoms with van der Waals surface area (Å²) in [6.45, 7) is 0.165. The normalized spacial score (nSPS) is 14.9. The third kappa shape index (κ3) is 2.38. The van der Waals surface area contributed by atoms with Crippen molar-refractivity contribution in [2.75, 3.05) is 19.0 Å². The first kappa shape index (κ1) is 13.0. The molecule has 0 saturated carbocycles. The Kier molecular flexibility index (Phi) is 3.97. The van der Waals surface area contributed by atoms with Gasteiger partial charge < -0.3 is 15.8 Å². The first-order chi connectivity index (χ1) is 8.67. The third-order valence-corrected chi connectivity index (χ3v) is 4.16. The summed E-state index contributed by atoms with van der Waals surface area (Å²) < 4.78 is 4.83. The van der Waals surface area contributed by atoms with Gasteiger partial charge in [-0.15, -0.1) is 11.3 Å². The lowest BCUT2D eigenvalue weighted by Gasteiger charge is -2.10. The van der Waals surface area contributed by atoms with Crippen LogP contribution >= 0.6 is 11.3 Å². The molecule has 1 aliphatic rings. The molecule has 5 nitrogen and oxygen atoms in total. The average Bonchev–Trinajstić information content (AvgIpc) is 2.89. The summed E-state index contributed by atoms with van der Waals surface area (Å²) in [5, 5.41) is 12.5. The van der Waals surface area contributed by atoms with Crippen molar-refractivity contribution in [2.24, 2.45) is 5.73 Å². The number of hydrogen-bond donors (Lipinski definition) is 2. The van der Waals surface area contributed by atoms with E-state index in [9.17, 15) is 10.1 Å². The molecule has 0 spiro atoms. The molecule has 18 heavy (non-hydrogen) atoms. The molecule has 0 fully saturated rings. The van der Waals surface area contributed by atoms with Gasteiger partial charge >= 0.3 is 0 Å². The smallest absolute Gasteiger partial charge is 0.244 e. The Hall–Kier alpha value is -1.42. The summed E-state index contributed by atoms with van der Waals surface area (Å²) in [4.78, 5) is 13.0. The lowest BCUT2D eigenvalue weighted by atomic mass is 10.1. The van der Waals surface area contributed by atoms with E-state index in [1.807, 2.05) is 0 Å². The minimum atomic E-state index is -0.710. The zero-order chi connectivity index (χ0) is 13.1. The number of anilines is 1. The number of amides is 1. The molecule has 96 valence electrons. The van der Waals surface area contributed by atoms with Gasteiger partial charge in [-0.25, -0.2) is 0 Å². The van der Waals surface area contributed by atoms with Gasteiger partial charge in [0.1, 0.15) is 17.1 Å². The molecule has 1 unspecified atom stereocenters. The van der Waals surface area contributed by atoms with Crippen LogP contribution in [0.3, 0.4) is 0 Å². The number of thiophene rings is 1. The highest BCUT2D eigenvalue weighted by molar-refractivity contribution is 7.16. The number of aryl methyl sites for hydroxylation is 1. The van der Waals surface area contributed by atoms with Crippen LogP contribution in [-0.2, 0) is 22.4 Å². The van der Waals surface area contributed by atoms with Crippen LogP contribution < -0.4 is 11.1 Å². The Bertz CT molecular complexity index is 504. The number of methoxy groups -OCH3 is 1. The van der Waals surface area contributed by atoms with Gasteiger partial charge in [-0.2, -0.15) is 5.26 Å². The number of nitrogens with one attached hydrogen (secondary N) is 1. The molecule has 2 rings (SSSR count). The molecule has 1 amide bonds. The number of nitrogens with two attached hydrogens (primary N) is 1. The number of carbonyl (C=O) groups is 1. The fourth-order valence-electron chi connectivity index (χ4n) is 2.07. The molecule has 1 atom stereocenters. The maximum atomic E-state index is 11.8. The number of fused-ring (bicyclic) bond motifs is 1. The molecule has 6 heteroatoms. The number of hydrogen-bond acceptors (Lipinski definition) is 5. The van der Waals surface area contributed by atoms with Crippen LogP contribution in [0.25, 0.3) is 0 Å². The SMILES string of the molecule is COCC(N)C(=O)Nc1sc2c(c1C#N)CCC2. The molecule has 0 bridgehead atoms. The summed E-state index contributed by atoms with van der Waals surface area (Å²) in [6, 6.07) is 1.47. The van der Waals surface area contributed by atoms with Crippen LogP contribution in [-0.4, -0.2) is 25.7 Å². The summed E-state index contributed by atoms with van der Waals surface area (Å²) in [6.07, 6.45) is 3.01. The first-order valence-electron chi connectivity index (χ1n) is 5.77. The number of nitriles is 1. The van der Waals surface area contributed by atoms with Crippen molar-refractivity contribution < 1.29 is 9.53 Å². The molecule has 0 aliphatic heterocycles. The minimum absolute atomic E-state index is 0.165. The number of carbonyl (C=O) groups excluding carboxylic acids is 1. The van der Waals surface area contributed by atoms with E-state index in [1.165, 1.54) is 23.3 Å². The van der Waals surface area contributed by atoms with Crippen LogP contribution in [0.2, 0.25) is 0 Å². The van der Waals surface area contributed by atoms with Gasteiger partial charge in [0.2, 0.25) is 5.91 Å². The van der Waals surface area contributed by atoms with Crippen LogP contribution in [0, 0.1) is 11.3 Å². The zero-order valence-electron chi connectivity index (χ0n) is 10.2. The van der Waals surface area contributed by atoms with E-state index in [1.54, 1.807) is 0 Å². The van der Waals surface area contributed by atoms with E-state index in [4.69, 9.17) is 10.5 Å². The molecule has 0 saturated heterocycles. The van der Waals surface area contributed by atoms with Crippen LogP contribution in [0.4, 0.5) is 5.00 Å². The van der Waals surface area contributed by atoms with Crippen LogP contribution in [0.1, 0.15) is 22.4 Å². The fourth-order valence-corrected chi connectivity index (χ4v) is 3.31. The van der Waals surface area contributed by atoms with Crippen molar-refractivity contribution in [3.8, 4) is 6.07 Å². The average molecular weight is 265 g/mol. The van der Waals surface area contributed by atoms with Crippen molar-refractivity contribution in [3.63, 3.8) is 0 Å². The summed E-state index contributed by atoms with van der Waals surface area (Å²) >= 11 is 1.49. The Morgan fingerprint density at radius 3 is 3.11 bits per heavy atom. The quantitative estimate of drug-likeness (QED) is 0.850. The van der Waals surface area contributed by atoms with Gasteiger partial charge in [0.05, 0.1) is 12.2 Å². The summed E-state index contributed by atoms with van der Waals surface area (Å²) in [5.74, 6) is -0.312. The van der Waals surface area contributed by atoms with Gasteiger partial charge in [0.15, 0.2) is 0 Å². The molecule has 1 aromatic heterocycles. The molecule has 3 N–H and O–H groups in total. The van der Waals surface area contributed by atoms with Gasteiger partial charge in [-0.3, -0.25) is 4.79 Å². The highest BCUT2D eigenvalue weighted by atomic mass is 32.1. The second kappa shape index (κ2) is 5.48. The monoisotopic (exact) mass is 265 g/mol. The predicted molar refractivity (Wildman–Crippen MR) is 69.5 cm³/mol. The summed E-state index contributed by atoms with van der Waals surface area (Å²) in [5.41, 5.74) is 7.34. The van der Waals surface area contributed by atoms with E-state index in [2.05, 4.69) is 11.4 Å². The molecule has 1 aromatic rings. The van der Waals surface area contributed by atoms with Crippen molar-refractivity contribution in [2.45, 2.75) is 25.3 Å². The number of ether oxygens (including phenoxy) is 1. The van der Waals surface area contributed by atoms with Gasteiger partial charge in [0.25, 0.3) is 0 Å². The van der Waals surface area contributed by atoms with Crippen molar-refractivity contribution in [1.29, 1.82) is 5.26 Å². The van der Waals surface area contributed by atoms with Crippen molar-refractivity contribution >= 4 is 22.2 Å². The van der Waals surface area contributed by atoms with E-state index in [0.29, 0.717) is 10.6 Å². The van der Waals surface area contributed by atoms with E-state index in [-0.39, 0.29) is 12.5 Å². The molecular weight excluding hydrogens is 250 g/mol. The van der Waals surface area contributed by atoms with Crippen molar-refractivity contribution in [1.82, 2.24) is 0 Å². The third-order valence-electron chi connectivity index (χ3n) is 2.95. The lowest BCUT2D eigenvalue weighted by Crippen LogP contribution is -2.39. The lowest BCUT2D eigenvalue weighted by molar-refractivity contribution is -0.118. The topological polar surface area (TPSA) is 88.1 Å². The highest BCUT2D eigenvalue weighted by Gasteiger charge is 2.24. The second-order valence-corrected chi connectivity index (χ2v) is 5.33. The Morgan fingerprint density at radius 1 is 1.67 bits per heavy atom. The fraction of sp³-hybridized carbons (Fsp3) is 0.500. The molecule has 0 aromatic carbocycles. The summed E-state index contributed by atoms with van der Waals surface area (Å²) in [7, 11) is 1.49. The van der Waals surface area contributed by atoms with Crippen LogP contribution in [0.15, 0.2) is 0 Å². The Balaban J connectivity index is 2.15. The molecule has 1 aliphatic carbocycles. The maximum Gasteiger partial charge on any atom is 0.244 e. The van der Waals surface area contributed by atoms with E-state index < -0.39 is 6.04 Å². The van der Waals surface area contributed by atoms with Gasteiger partial charge in [0, 0.05) is 12.0 Å². The Labute approximate surface area is 110 Å². The standard InChI is InChI=1S/C12H15N3O2S/c1-17-6-9(14)11(16)15-12-8(5-13)7-3-2-4-10(7)18-12/h9H,2-4,6,14H2,1H3,(H,15,16). The molecular formula is C12H15N3O2S. The predicted octanol–water partition coefficient (Wildman–Crippen LogP) is 1.02. The first-order valence-corrected chi connectivity index (χ1v) is 6.59. The Morgan fingerprint density at radius 2 is 2.44 bits per heavy atom. The van der Waals surface area contributed by atoms with Crippen molar-refractivity contribution in [3.05, 3.63) is 16.0 Å². The van der Waals surface area contributed by atoms with Crippen LogP contribution in [0.5, 0.6) is 0 Å². The minimum Gasteiger partial charge on any atom is -0.383 e. The highest BCUT2D eigenvalue weighted by Crippen LogP contribution is 2.38. The van der Waals surface area contributed by atoms with E-state index >= 15 is 0 Å². The largest absolute Gasteiger partial charge is 0.383 e.